The second-order valence-corrected chi connectivity index (χ2v) is 2.30. The quantitative estimate of drug-likeness (QED) is 0.580. The van der Waals surface area contributed by atoms with Gasteiger partial charge in [0.05, 0.1) is 0 Å². The zero-order valence-electron chi connectivity index (χ0n) is 5.89. The highest BCUT2D eigenvalue weighted by Crippen LogP contribution is 2.12. The summed E-state index contributed by atoms with van der Waals surface area (Å²) in [7, 11) is 0. The highest BCUT2D eigenvalue weighted by atomic mass is 16.3. The summed E-state index contributed by atoms with van der Waals surface area (Å²) in [6.45, 7) is 1.82. The topological polar surface area (TPSA) is 63.3 Å². The molecule has 0 saturated carbocycles. The lowest BCUT2D eigenvalue weighted by Crippen LogP contribution is -1.92. The minimum absolute atomic E-state index is 0.185. The Hall–Kier alpha value is -1.65. The van der Waals surface area contributed by atoms with Crippen molar-refractivity contribution in [3.63, 3.8) is 0 Å². The van der Waals surface area contributed by atoms with Gasteiger partial charge in [0, 0.05) is 17.8 Å². The standard InChI is InChI=1S/C6H6N4O/c1-4-2-5(11)3-6-7-8-9-10(4)6/h2-3,11H,1H3. The van der Waals surface area contributed by atoms with E-state index in [-0.39, 0.29) is 5.75 Å². The number of nitrogens with zero attached hydrogens (tertiary/aromatic N) is 4. The van der Waals surface area contributed by atoms with Gasteiger partial charge in [0.1, 0.15) is 5.75 Å². The Morgan fingerprint density at radius 3 is 3.09 bits per heavy atom. The average Bonchev–Trinajstić information content (AvgIpc) is 2.34. The molecule has 0 aliphatic rings. The first-order valence-electron chi connectivity index (χ1n) is 3.15. The third-order valence-electron chi connectivity index (χ3n) is 1.46. The van der Waals surface area contributed by atoms with Crippen LogP contribution < -0.4 is 0 Å². The van der Waals surface area contributed by atoms with Crippen molar-refractivity contribution in [3.8, 4) is 5.75 Å². The molecule has 2 aromatic heterocycles. The van der Waals surface area contributed by atoms with Crippen LogP contribution in [0.4, 0.5) is 0 Å². The van der Waals surface area contributed by atoms with E-state index in [0.29, 0.717) is 5.65 Å². The Balaban J connectivity index is 2.91. The molecule has 0 bridgehead atoms. The predicted octanol–water partition coefficient (Wildman–Crippen LogP) is 0.138. The molecule has 56 valence electrons. The van der Waals surface area contributed by atoms with Crippen molar-refractivity contribution in [3.05, 3.63) is 17.8 Å². The third kappa shape index (κ3) is 0.813. The van der Waals surface area contributed by atoms with Crippen LogP contribution in [0.3, 0.4) is 0 Å². The maximum Gasteiger partial charge on any atom is 0.183 e. The summed E-state index contributed by atoms with van der Waals surface area (Å²) >= 11 is 0. The van der Waals surface area contributed by atoms with Gasteiger partial charge in [-0.25, -0.2) is 0 Å². The minimum atomic E-state index is 0.185. The van der Waals surface area contributed by atoms with Gasteiger partial charge in [0.15, 0.2) is 5.65 Å². The van der Waals surface area contributed by atoms with Gasteiger partial charge in [-0.3, -0.25) is 0 Å². The van der Waals surface area contributed by atoms with Crippen LogP contribution >= 0.6 is 0 Å². The van der Waals surface area contributed by atoms with E-state index in [0.717, 1.165) is 5.69 Å². The van der Waals surface area contributed by atoms with Crippen molar-refractivity contribution in [2.45, 2.75) is 6.92 Å². The summed E-state index contributed by atoms with van der Waals surface area (Å²) in [6, 6.07) is 3.11. The molecule has 5 heteroatoms. The summed E-state index contributed by atoms with van der Waals surface area (Å²) in [4.78, 5) is 0. The van der Waals surface area contributed by atoms with E-state index in [4.69, 9.17) is 5.11 Å². The number of aromatic nitrogens is 4. The third-order valence-corrected chi connectivity index (χ3v) is 1.46. The van der Waals surface area contributed by atoms with Gasteiger partial charge in [-0.05, 0) is 17.4 Å². The fraction of sp³-hybridized carbons (Fsp3) is 0.167. The number of tetrazole rings is 1. The van der Waals surface area contributed by atoms with Gasteiger partial charge in [-0.1, -0.05) is 0 Å². The largest absolute Gasteiger partial charge is 0.508 e. The molecule has 0 unspecified atom stereocenters. The number of aromatic hydroxyl groups is 1. The summed E-state index contributed by atoms with van der Waals surface area (Å²) < 4.78 is 1.56. The van der Waals surface area contributed by atoms with E-state index < -0.39 is 0 Å². The first-order chi connectivity index (χ1) is 5.27. The molecule has 0 aliphatic carbocycles. The number of fused-ring (bicyclic) bond motifs is 1. The first-order valence-corrected chi connectivity index (χ1v) is 3.15. The summed E-state index contributed by atoms with van der Waals surface area (Å²) in [5.74, 6) is 0.185. The number of hydrogen-bond acceptors (Lipinski definition) is 4. The molecule has 0 aromatic carbocycles. The molecular weight excluding hydrogens is 144 g/mol. The molecule has 0 atom stereocenters. The van der Waals surface area contributed by atoms with Crippen molar-refractivity contribution in [2.75, 3.05) is 0 Å². The van der Waals surface area contributed by atoms with Crippen molar-refractivity contribution >= 4 is 5.65 Å². The summed E-state index contributed by atoms with van der Waals surface area (Å²) in [5, 5.41) is 20.0. The number of pyridine rings is 1. The van der Waals surface area contributed by atoms with E-state index in [1.807, 2.05) is 6.92 Å². The monoisotopic (exact) mass is 150 g/mol. The van der Waals surface area contributed by atoms with E-state index in [2.05, 4.69) is 15.5 Å². The van der Waals surface area contributed by atoms with Gasteiger partial charge in [0.25, 0.3) is 0 Å². The summed E-state index contributed by atoms with van der Waals surface area (Å²) in [5.41, 5.74) is 1.37. The molecule has 2 rings (SSSR count). The Morgan fingerprint density at radius 2 is 2.27 bits per heavy atom. The Labute approximate surface area is 62.3 Å². The van der Waals surface area contributed by atoms with Crippen molar-refractivity contribution < 1.29 is 5.11 Å². The van der Waals surface area contributed by atoms with Gasteiger partial charge in [-0.2, -0.15) is 4.52 Å². The van der Waals surface area contributed by atoms with Crippen LogP contribution in [0.5, 0.6) is 5.75 Å². The Morgan fingerprint density at radius 1 is 1.45 bits per heavy atom. The van der Waals surface area contributed by atoms with Crippen LogP contribution in [0.1, 0.15) is 5.69 Å². The SMILES string of the molecule is Cc1cc(O)cc2nnnn12. The summed E-state index contributed by atoms with van der Waals surface area (Å²) in [6.07, 6.45) is 0. The van der Waals surface area contributed by atoms with Gasteiger partial charge in [-0.15, -0.1) is 5.10 Å². The van der Waals surface area contributed by atoms with Crippen LogP contribution in [0, 0.1) is 6.92 Å². The molecule has 0 spiro atoms. The molecule has 2 heterocycles. The van der Waals surface area contributed by atoms with Gasteiger partial charge in [0.2, 0.25) is 0 Å². The molecule has 0 amide bonds. The van der Waals surface area contributed by atoms with Crippen molar-refractivity contribution in [2.24, 2.45) is 0 Å². The number of rotatable bonds is 0. The second-order valence-electron chi connectivity index (χ2n) is 2.30. The highest BCUT2D eigenvalue weighted by molar-refractivity contribution is 5.43. The molecule has 0 radical (unpaired) electrons. The molecule has 2 aromatic rings. The van der Waals surface area contributed by atoms with Crippen molar-refractivity contribution in [1.82, 2.24) is 20.0 Å². The second kappa shape index (κ2) is 1.91. The fourth-order valence-corrected chi connectivity index (χ4v) is 0.984. The van der Waals surface area contributed by atoms with E-state index in [1.165, 1.54) is 6.07 Å². The van der Waals surface area contributed by atoms with Gasteiger partial charge >= 0.3 is 0 Å². The Kier molecular flexibility index (Phi) is 1.06. The highest BCUT2D eigenvalue weighted by Gasteiger charge is 2.00. The maximum atomic E-state index is 9.12. The van der Waals surface area contributed by atoms with Crippen LogP contribution in [0.2, 0.25) is 0 Å². The van der Waals surface area contributed by atoms with E-state index >= 15 is 0 Å². The van der Waals surface area contributed by atoms with Crippen molar-refractivity contribution in [1.29, 1.82) is 0 Å². The van der Waals surface area contributed by atoms with E-state index in [1.54, 1.807) is 10.6 Å². The van der Waals surface area contributed by atoms with Crippen LogP contribution in [0.15, 0.2) is 12.1 Å². The lowest BCUT2D eigenvalue weighted by molar-refractivity contribution is 0.474. The van der Waals surface area contributed by atoms with Crippen LogP contribution in [0.25, 0.3) is 5.65 Å². The fourth-order valence-electron chi connectivity index (χ4n) is 0.984. The molecule has 5 nitrogen and oxygen atoms in total. The number of aryl methyl sites for hydroxylation is 1. The minimum Gasteiger partial charge on any atom is -0.508 e. The normalized spacial score (nSPS) is 10.6. The molecule has 11 heavy (non-hydrogen) atoms. The molecular formula is C6H6N4O. The molecule has 0 saturated heterocycles. The number of hydrogen-bond donors (Lipinski definition) is 1. The van der Waals surface area contributed by atoms with Crippen LogP contribution in [-0.2, 0) is 0 Å². The lowest BCUT2D eigenvalue weighted by atomic mass is 10.3. The zero-order chi connectivity index (χ0) is 7.84. The molecule has 1 N–H and O–H groups in total. The predicted molar refractivity (Wildman–Crippen MR) is 37.2 cm³/mol. The van der Waals surface area contributed by atoms with Gasteiger partial charge < -0.3 is 5.11 Å². The van der Waals surface area contributed by atoms with Crippen LogP contribution in [-0.4, -0.2) is 25.1 Å². The molecule has 0 fully saturated rings. The smallest absolute Gasteiger partial charge is 0.183 e. The zero-order valence-corrected chi connectivity index (χ0v) is 5.89. The Bertz CT molecular complexity index is 394. The average molecular weight is 150 g/mol. The van der Waals surface area contributed by atoms with E-state index in [9.17, 15) is 0 Å². The first kappa shape index (κ1) is 6.09. The molecule has 0 aliphatic heterocycles. The maximum absolute atomic E-state index is 9.12. The lowest BCUT2D eigenvalue weighted by Gasteiger charge is -1.95.